The molecule has 0 aromatic carbocycles. The van der Waals surface area contributed by atoms with E-state index in [1.165, 1.54) is 0 Å². The highest BCUT2D eigenvalue weighted by atomic mass is 19.1. The molecular weight excluding hydrogens is 213 g/mol. The monoisotopic (exact) mass is 233 g/mol. The summed E-state index contributed by atoms with van der Waals surface area (Å²) < 4.78 is 13.2. The maximum Gasteiger partial charge on any atom is 0.215 e. The zero-order chi connectivity index (χ0) is 12.0. The Labute approximate surface area is 95.0 Å². The molecule has 0 spiro atoms. The maximum atomic E-state index is 13.2. The molecule has 0 bridgehead atoms. The van der Waals surface area contributed by atoms with Gasteiger partial charge in [-0.25, -0.2) is 4.39 Å². The van der Waals surface area contributed by atoms with Crippen LogP contribution in [0.15, 0.2) is 0 Å². The van der Waals surface area contributed by atoms with E-state index in [1.54, 1.807) is 0 Å². The smallest absolute Gasteiger partial charge is 0.215 e. The van der Waals surface area contributed by atoms with Gasteiger partial charge in [0.25, 0.3) is 0 Å². The molecule has 0 radical (unpaired) electrons. The van der Waals surface area contributed by atoms with Crippen molar-refractivity contribution in [3.8, 4) is 0 Å². The predicted molar refractivity (Wildman–Crippen MR) is 58.6 cm³/mol. The van der Waals surface area contributed by atoms with Crippen molar-refractivity contribution < 1.29 is 14.4 Å². The van der Waals surface area contributed by atoms with Gasteiger partial charge in [-0.2, -0.15) is 0 Å². The second-order valence-corrected chi connectivity index (χ2v) is 4.64. The first-order chi connectivity index (χ1) is 7.59. The molecule has 3 unspecified atom stereocenters. The van der Waals surface area contributed by atoms with Gasteiger partial charge in [0.2, 0.25) is 6.04 Å². The number of rotatable bonds is 1. The lowest BCUT2D eigenvalue weighted by Gasteiger charge is -2.13. The van der Waals surface area contributed by atoms with Crippen LogP contribution in [0.5, 0.6) is 0 Å². The van der Waals surface area contributed by atoms with Gasteiger partial charge in [0, 0.05) is 17.8 Å². The van der Waals surface area contributed by atoms with E-state index in [0.29, 0.717) is 44.9 Å². The summed E-state index contributed by atoms with van der Waals surface area (Å²) in [4.78, 5) is 10.4. The summed E-state index contributed by atoms with van der Waals surface area (Å²) in [6.45, 7) is 0. The Morgan fingerprint density at radius 2 is 1.75 bits per heavy atom. The van der Waals surface area contributed by atoms with Crippen LogP contribution in [0, 0.1) is 10.1 Å². The highest BCUT2D eigenvalue weighted by molar-refractivity contribution is 4.69. The highest BCUT2D eigenvalue weighted by Gasteiger charge is 2.24. The van der Waals surface area contributed by atoms with Crippen LogP contribution in [0.4, 0.5) is 4.39 Å². The quantitative estimate of drug-likeness (QED) is 0.559. The first-order valence-electron chi connectivity index (χ1n) is 6.05. The summed E-state index contributed by atoms with van der Waals surface area (Å²) in [5, 5.41) is 20.3. The second kappa shape index (κ2) is 6.78. The van der Waals surface area contributed by atoms with Crippen molar-refractivity contribution in [2.75, 3.05) is 0 Å². The second-order valence-electron chi connectivity index (χ2n) is 4.64. The maximum absolute atomic E-state index is 13.2. The Bertz CT molecular complexity index is 225. The predicted octanol–water partition coefficient (Wildman–Crippen LogP) is 2.47. The van der Waals surface area contributed by atoms with Crippen molar-refractivity contribution in [3.63, 3.8) is 0 Å². The largest absolute Gasteiger partial charge is 0.393 e. The van der Waals surface area contributed by atoms with Crippen LogP contribution in [0.25, 0.3) is 0 Å². The lowest BCUT2D eigenvalue weighted by atomic mass is 10.0. The van der Waals surface area contributed by atoms with Gasteiger partial charge >= 0.3 is 0 Å². The molecular formula is C11H20FNO3. The van der Waals surface area contributed by atoms with Crippen molar-refractivity contribution >= 4 is 0 Å². The molecule has 1 aliphatic carbocycles. The van der Waals surface area contributed by atoms with E-state index >= 15 is 0 Å². The molecule has 4 nitrogen and oxygen atoms in total. The lowest BCUT2D eigenvalue weighted by molar-refractivity contribution is -0.526. The van der Waals surface area contributed by atoms with Gasteiger partial charge in [0.1, 0.15) is 6.17 Å². The van der Waals surface area contributed by atoms with E-state index in [0.717, 1.165) is 0 Å². The molecule has 1 fully saturated rings. The number of alkyl halides is 1. The Morgan fingerprint density at radius 1 is 1.12 bits per heavy atom. The van der Waals surface area contributed by atoms with E-state index in [4.69, 9.17) is 0 Å². The zero-order valence-electron chi connectivity index (χ0n) is 9.48. The van der Waals surface area contributed by atoms with Gasteiger partial charge < -0.3 is 5.11 Å². The van der Waals surface area contributed by atoms with Gasteiger partial charge in [-0.1, -0.05) is 6.42 Å². The molecule has 3 atom stereocenters. The van der Waals surface area contributed by atoms with Crippen LogP contribution < -0.4 is 0 Å². The van der Waals surface area contributed by atoms with E-state index < -0.39 is 18.3 Å². The average Bonchev–Trinajstić information content (AvgIpc) is 2.24. The van der Waals surface area contributed by atoms with Gasteiger partial charge in [-0.05, 0) is 32.1 Å². The molecule has 94 valence electrons. The number of hydrogen-bond donors (Lipinski definition) is 1. The summed E-state index contributed by atoms with van der Waals surface area (Å²) in [7, 11) is 0. The molecule has 0 aliphatic heterocycles. The Hall–Kier alpha value is -0.710. The minimum atomic E-state index is -0.806. The van der Waals surface area contributed by atoms with Crippen LogP contribution in [0.2, 0.25) is 0 Å². The molecule has 0 aromatic heterocycles. The van der Waals surface area contributed by atoms with Crippen molar-refractivity contribution in [1.29, 1.82) is 0 Å². The van der Waals surface area contributed by atoms with Crippen LogP contribution in [-0.4, -0.2) is 28.3 Å². The van der Waals surface area contributed by atoms with Crippen LogP contribution in [-0.2, 0) is 0 Å². The summed E-state index contributed by atoms with van der Waals surface area (Å²) in [6, 6.07) is -0.661. The fraction of sp³-hybridized carbons (Fsp3) is 1.00. The Balaban J connectivity index is 2.49. The Kier molecular flexibility index (Phi) is 5.66. The standard InChI is InChI=1S/C11H20FNO3/c12-9-4-1-2-6-10(13(15)16)8-11(14)7-3-5-9/h9-11,14H,1-8H2. The van der Waals surface area contributed by atoms with E-state index in [-0.39, 0.29) is 11.3 Å². The van der Waals surface area contributed by atoms with Crippen molar-refractivity contribution in [2.45, 2.75) is 69.7 Å². The molecule has 5 heteroatoms. The van der Waals surface area contributed by atoms with Crippen molar-refractivity contribution in [3.05, 3.63) is 10.1 Å². The van der Waals surface area contributed by atoms with E-state index in [2.05, 4.69) is 0 Å². The first-order valence-corrected chi connectivity index (χ1v) is 6.05. The number of aliphatic hydroxyl groups excluding tert-OH is 1. The molecule has 0 saturated heterocycles. The summed E-state index contributed by atoms with van der Waals surface area (Å²) in [5.74, 6) is 0. The number of halogens is 1. The van der Waals surface area contributed by atoms with Gasteiger partial charge in [0.15, 0.2) is 0 Å². The zero-order valence-corrected chi connectivity index (χ0v) is 9.48. The number of aliphatic hydroxyl groups is 1. The number of hydrogen-bond acceptors (Lipinski definition) is 3. The first kappa shape index (κ1) is 13.4. The normalized spacial score (nSPS) is 34.0. The molecule has 0 heterocycles. The molecule has 1 rings (SSSR count). The third-order valence-corrected chi connectivity index (χ3v) is 3.20. The van der Waals surface area contributed by atoms with Gasteiger partial charge in [-0.15, -0.1) is 0 Å². The highest BCUT2D eigenvalue weighted by Crippen LogP contribution is 2.20. The molecule has 1 N–H and O–H groups in total. The third kappa shape index (κ3) is 4.88. The van der Waals surface area contributed by atoms with E-state index in [9.17, 15) is 19.6 Å². The van der Waals surface area contributed by atoms with Crippen molar-refractivity contribution in [2.24, 2.45) is 0 Å². The summed E-state index contributed by atoms with van der Waals surface area (Å²) in [6.07, 6.45) is 2.67. The molecule has 0 amide bonds. The number of nitrogens with zero attached hydrogens (tertiary/aromatic N) is 1. The van der Waals surface area contributed by atoms with Gasteiger partial charge in [-0.3, -0.25) is 10.1 Å². The average molecular weight is 233 g/mol. The SMILES string of the molecule is O=[N+]([O-])C1CCCCC(F)CCCC(O)C1. The third-order valence-electron chi connectivity index (χ3n) is 3.20. The topological polar surface area (TPSA) is 63.4 Å². The van der Waals surface area contributed by atoms with Crippen LogP contribution in [0.3, 0.4) is 0 Å². The van der Waals surface area contributed by atoms with Crippen LogP contribution in [0.1, 0.15) is 51.4 Å². The summed E-state index contributed by atoms with van der Waals surface area (Å²) in [5.41, 5.74) is 0. The molecule has 0 aromatic rings. The van der Waals surface area contributed by atoms with Crippen LogP contribution >= 0.6 is 0 Å². The molecule has 1 aliphatic rings. The minimum Gasteiger partial charge on any atom is -0.393 e. The minimum absolute atomic E-state index is 0.212. The lowest BCUT2D eigenvalue weighted by Crippen LogP contribution is -2.25. The fourth-order valence-corrected chi connectivity index (χ4v) is 2.21. The van der Waals surface area contributed by atoms with Gasteiger partial charge in [0.05, 0.1) is 6.10 Å². The fourth-order valence-electron chi connectivity index (χ4n) is 2.21. The van der Waals surface area contributed by atoms with E-state index in [1.807, 2.05) is 0 Å². The molecule has 1 saturated carbocycles. The summed E-state index contributed by atoms with van der Waals surface area (Å²) >= 11 is 0. The Morgan fingerprint density at radius 3 is 2.44 bits per heavy atom. The number of nitro groups is 1. The van der Waals surface area contributed by atoms with Crippen molar-refractivity contribution in [1.82, 2.24) is 0 Å². The molecule has 16 heavy (non-hydrogen) atoms.